The number of hydrogen-bond acceptors (Lipinski definition) is 4. The monoisotopic (exact) mass is 367 g/mol. The molecule has 0 unspecified atom stereocenters. The number of hydrogen-bond donors (Lipinski definition) is 1. The van der Waals surface area contributed by atoms with Gasteiger partial charge >= 0.3 is 10.1 Å². The first kappa shape index (κ1) is 18.3. The summed E-state index contributed by atoms with van der Waals surface area (Å²) in [6, 6.07) is 10.9. The first-order valence-corrected chi connectivity index (χ1v) is 9.16. The second-order valence-corrected chi connectivity index (χ2v) is 7.15. The second kappa shape index (κ2) is 7.68. The molecule has 2 aromatic rings. The Balaban J connectivity index is 2.16. The Morgan fingerprint density at radius 2 is 1.83 bits per heavy atom. The number of rotatable bonds is 6. The molecular formula is C17H18ClNO4S. The van der Waals surface area contributed by atoms with Crippen LogP contribution in [0.5, 0.6) is 5.75 Å². The maximum atomic E-state index is 12.3. The van der Waals surface area contributed by atoms with E-state index in [1.54, 1.807) is 24.3 Å². The number of nitrogens with one attached hydrogen (secondary N) is 1. The fraction of sp³-hybridized carbons (Fsp3) is 0.235. The maximum absolute atomic E-state index is 12.3. The second-order valence-electron chi connectivity index (χ2n) is 5.20. The molecule has 0 saturated carbocycles. The molecule has 0 spiro atoms. The van der Waals surface area contributed by atoms with Gasteiger partial charge < -0.3 is 9.50 Å². The van der Waals surface area contributed by atoms with Crippen LogP contribution in [0.4, 0.5) is 0 Å². The summed E-state index contributed by atoms with van der Waals surface area (Å²) in [6.45, 7) is 3.68. The van der Waals surface area contributed by atoms with Crippen LogP contribution in [0.15, 0.2) is 47.4 Å². The molecule has 0 bridgehead atoms. The van der Waals surface area contributed by atoms with Gasteiger partial charge in [0.15, 0.2) is 0 Å². The Morgan fingerprint density at radius 1 is 1.17 bits per heavy atom. The Morgan fingerprint density at radius 3 is 2.42 bits per heavy atom. The highest BCUT2D eigenvalue weighted by molar-refractivity contribution is 7.87. The first-order valence-electron chi connectivity index (χ1n) is 7.38. The predicted octanol–water partition coefficient (Wildman–Crippen LogP) is 3.31. The lowest BCUT2D eigenvalue weighted by molar-refractivity contribution is -0.119. The fourth-order valence-electron chi connectivity index (χ4n) is 2.05. The van der Waals surface area contributed by atoms with Crippen molar-refractivity contribution in [3.8, 4) is 5.75 Å². The fourth-order valence-corrected chi connectivity index (χ4v) is 3.22. The average molecular weight is 368 g/mol. The van der Waals surface area contributed by atoms with Crippen LogP contribution in [0.3, 0.4) is 0 Å². The Hall–Kier alpha value is -2.05. The summed E-state index contributed by atoms with van der Waals surface area (Å²) in [7, 11) is -3.93. The van der Waals surface area contributed by atoms with Gasteiger partial charge in [0.25, 0.3) is 0 Å². The molecule has 1 N–H and O–H groups in total. The summed E-state index contributed by atoms with van der Waals surface area (Å²) >= 11 is 6.02. The third-order valence-corrected chi connectivity index (χ3v) is 4.99. The summed E-state index contributed by atoms with van der Waals surface area (Å²) in [4.78, 5) is 10.9. The minimum atomic E-state index is -3.93. The highest BCUT2D eigenvalue weighted by atomic mass is 35.5. The van der Waals surface area contributed by atoms with Crippen molar-refractivity contribution in [3.63, 3.8) is 0 Å². The van der Waals surface area contributed by atoms with Crippen LogP contribution >= 0.6 is 11.6 Å². The number of amides is 1. The first-order chi connectivity index (χ1) is 11.3. The van der Waals surface area contributed by atoms with Crippen molar-refractivity contribution in [1.82, 2.24) is 5.32 Å². The summed E-state index contributed by atoms with van der Waals surface area (Å²) < 4.78 is 29.8. The summed E-state index contributed by atoms with van der Waals surface area (Å²) in [5, 5.41) is 3.22. The van der Waals surface area contributed by atoms with E-state index in [9.17, 15) is 13.2 Å². The van der Waals surface area contributed by atoms with E-state index in [0.29, 0.717) is 18.0 Å². The van der Waals surface area contributed by atoms with Crippen LogP contribution in [-0.4, -0.2) is 14.3 Å². The topological polar surface area (TPSA) is 72.5 Å². The number of carbonyl (C=O) groups excluding carboxylic acids is 1. The van der Waals surface area contributed by atoms with Crippen molar-refractivity contribution in [2.45, 2.75) is 31.7 Å². The van der Waals surface area contributed by atoms with E-state index in [1.165, 1.54) is 25.1 Å². The van der Waals surface area contributed by atoms with Gasteiger partial charge in [-0.25, -0.2) is 0 Å². The van der Waals surface area contributed by atoms with Crippen molar-refractivity contribution in [2.75, 3.05) is 0 Å². The Labute approximate surface area is 146 Å². The van der Waals surface area contributed by atoms with E-state index >= 15 is 0 Å². The molecular weight excluding hydrogens is 350 g/mol. The minimum Gasteiger partial charge on any atom is -0.379 e. The molecule has 1 amide bonds. The van der Waals surface area contributed by atoms with Crippen molar-refractivity contribution < 1.29 is 17.4 Å². The number of aryl methyl sites for hydroxylation is 1. The van der Waals surface area contributed by atoms with Gasteiger partial charge in [-0.2, -0.15) is 8.42 Å². The molecule has 0 aromatic heterocycles. The highest BCUT2D eigenvalue weighted by Gasteiger charge is 2.17. The minimum absolute atomic E-state index is 0.0436. The molecule has 0 saturated heterocycles. The molecule has 7 heteroatoms. The van der Waals surface area contributed by atoms with Crippen molar-refractivity contribution >= 4 is 27.6 Å². The number of carbonyl (C=O) groups is 1. The molecule has 0 fully saturated rings. The Bertz CT molecular complexity index is 832. The molecule has 0 heterocycles. The van der Waals surface area contributed by atoms with Gasteiger partial charge in [0.05, 0.1) is 0 Å². The summed E-state index contributed by atoms with van der Waals surface area (Å²) in [5.74, 6) is 0.0723. The zero-order chi connectivity index (χ0) is 17.7. The van der Waals surface area contributed by atoms with E-state index in [1.807, 2.05) is 6.92 Å². The third-order valence-electron chi connectivity index (χ3n) is 3.36. The highest BCUT2D eigenvalue weighted by Crippen LogP contribution is 2.25. The Kier molecular flexibility index (Phi) is 5.85. The van der Waals surface area contributed by atoms with Gasteiger partial charge in [0.1, 0.15) is 10.6 Å². The molecule has 5 nitrogen and oxygen atoms in total. The van der Waals surface area contributed by atoms with Gasteiger partial charge in [-0.15, -0.1) is 0 Å². The van der Waals surface area contributed by atoms with E-state index in [0.717, 1.165) is 11.1 Å². The number of benzene rings is 2. The smallest absolute Gasteiger partial charge is 0.339 e. The molecule has 128 valence electrons. The average Bonchev–Trinajstić information content (AvgIpc) is 2.55. The van der Waals surface area contributed by atoms with Gasteiger partial charge in [-0.1, -0.05) is 30.7 Å². The summed E-state index contributed by atoms with van der Waals surface area (Å²) in [5.41, 5.74) is 1.61. The van der Waals surface area contributed by atoms with Crippen molar-refractivity contribution in [2.24, 2.45) is 0 Å². The zero-order valence-corrected chi connectivity index (χ0v) is 14.9. The van der Waals surface area contributed by atoms with E-state index in [2.05, 4.69) is 5.32 Å². The van der Waals surface area contributed by atoms with Crippen LogP contribution in [0.2, 0.25) is 5.02 Å². The zero-order valence-electron chi connectivity index (χ0n) is 13.4. The quantitative estimate of drug-likeness (QED) is 0.795. The van der Waals surface area contributed by atoms with Crippen LogP contribution in [0.25, 0.3) is 0 Å². The van der Waals surface area contributed by atoms with Gasteiger partial charge in [0.2, 0.25) is 5.91 Å². The molecule has 0 aliphatic carbocycles. The van der Waals surface area contributed by atoms with Crippen LogP contribution < -0.4 is 9.50 Å². The largest absolute Gasteiger partial charge is 0.379 e. The lowest BCUT2D eigenvalue weighted by atomic mass is 10.2. The van der Waals surface area contributed by atoms with Gasteiger partial charge in [-0.3, -0.25) is 4.79 Å². The van der Waals surface area contributed by atoms with Crippen molar-refractivity contribution in [3.05, 3.63) is 58.6 Å². The van der Waals surface area contributed by atoms with Gasteiger partial charge in [-0.05, 0) is 47.9 Å². The number of halogens is 1. The van der Waals surface area contributed by atoms with Crippen LogP contribution in [0, 0.1) is 0 Å². The standard InChI is InChI=1S/C17H18ClNO4S/c1-3-14-10-15(6-9-17(14)18)23-24(21,22)16-7-4-13(5-8-16)11-19-12(2)20/h4-10H,3,11H2,1-2H3,(H,19,20). The predicted molar refractivity (Wildman–Crippen MR) is 92.6 cm³/mol. The molecule has 0 atom stereocenters. The molecule has 2 aromatic carbocycles. The third kappa shape index (κ3) is 4.72. The van der Waals surface area contributed by atoms with Crippen LogP contribution in [0.1, 0.15) is 25.0 Å². The van der Waals surface area contributed by atoms with E-state index < -0.39 is 10.1 Å². The lowest BCUT2D eigenvalue weighted by Crippen LogP contribution is -2.19. The lowest BCUT2D eigenvalue weighted by Gasteiger charge is -2.10. The SMILES string of the molecule is CCc1cc(OS(=O)(=O)c2ccc(CNC(C)=O)cc2)ccc1Cl. The molecule has 0 aliphatic rings. The molecule has 2 rings (SSSR count). The van der Waals surface area contributed by atoms with Crippen molar-refractivity contribution in [1.29, 1.82) is 0 Å². The molecule has 0 radical (unpaired) electrons. The van der Waals surface area contributed by atoms with Crippen LogP contribution in [-0.2, 0) is 27.9 Å². The van der Waals surface area contributed by atoms with E-state index in [4.69, 9.17) is 15.8 Å². The summed E-state index contributed by atoms with van der Waals surface area (Å²) in [6.07, 6.45) is 0.675. The molecule has 0 aliphatic heterocycles. The molecule has 24 heavy (non-hydrogen) atoms. The normalized spacial score (nSPS) is 11.1. The van der Waals surface area contributed by atoms with Gasteiger partial charge in [0, 0.05) is 18.5 Å². The maximum Gasteiger partial charge on any atom is 0.339 e. The van der Waals surface area contributed by atoms with E-state index in [-0.39, 0.29) is 16.6 Å².